The lowest BCUT2D eigenvalue weighted by atomic mass is 10.1. The molecule has 0 bridgehead atoms. The van der Waals surface area contributed by atoms with Crippen molar-refractivity contribution in [3.05, 3.63) is 31.8 Å². The summed E-state index contributed by atoms with van der Waals surface area (Å²) in [6, 6.07) is 6.04. The Labute approximate surface area is 138 Å². The normalized spacial score (nSPS) is 12.2. The molecule has 1 amide bonds. The minimum absolute atomic E-state index is 0.00776. The number of hydrogen-bond donors (Lipinski definition) is 1. The second kappa shape index (κ2) is 8.95. The van der Waals surface area contributed by atoms with E-state index in [1.165, 1.54) is 25.7 Å². The smallest absolute Gasteiger partial charge is 0.252 e. The van der Waals surface area contributed by atoms with E-state index in [1.807, 2.05) is 18.2 Å². The van der Waals surface area contributed by atoms with Crippen LogP contribution in [0.4, 0.5) is 0 Å². The number of carbonyl (C=O) groups excluding carboxylic acids is 1. The topological polar surface area (TPSA) is 29.1 Å². The van der Waals surface area contributed by atoms with E-state index in [9.17, 15) is 4.79 Å². The predicted octanol–water partition coefficient (Wildman–Crippen LogP) is 5.14. The molecule has 0 heterocycles. The molecule has 0 aliphatic rings. The number of nitrogens with one attached hydrogen (secondary N) is 1. The Bertz CT molecular complexity index is 423. The molecule has 0 spiro atoms. The molecule has 0 fully saturated rings. The fraction of sp³-hybridized carbons (Fsp3) is 0.533. The van der Waals surface area contributed by atoms with Gasteiger partial charge in [-0.2, -0.15) is 0 Å². The Morgan fingerprint density at radius 2 is 2.11 bits per heavy atom. The van der Waals surface area contributed by atoms with E-state index < -0.39 is 0 Å². The molecule has 2 nitrogen and oxygen atoms in total. The highest BCUT2D eigenvalue weighted by molar-refractivity contribution is 14.1. The highest BCUT2D eigenvalue weighted by Crippen LogP contribution is 2.19. The zero-order valence-corrected chi connectivity index (χ0v) is 15.3. The molecule has 4 heteroatoms. The maximum atomic E-state index is 12.2. The monoisotopic (exact) mass is 437 g/mol. The summed E-state index contributed by atoms with van der Waals surface area (Å²) in [5, 5.41) is 3.07. The standard InChI is InChI=1S/C15H21BrINO/c1-3-4-5-6-7-11(2)18-15(19)13-10-12(17)8-9-14(13)16/h8-11H,3-7H2,1-2H3,(H,18,19). The molecule has 106 valence electrons. The van der Waals surface area contributed by atoms with Crippen molar-refractivity contribution >= 4 is 44.4 Å². The van der Waals surface area contributed by atoms with Gasteiger partial charge in [-0.05, 0) is 70.1 Å². The first kappa shape index (κ1) is 17.0. The van der Waals surface area contributed by atoms with Crippen molar-refractivity contribution in [1.29, 1.82) is 0 Å². The van der Waals surface area contributed by atoms with Crippen LogP contribution < -0.4 is 5.32 Å². The van der Waals surface area contributed by atoms with Crippen molar-refractivity contribution in [3.63, 3.8) is 0 Å². The van der Waals surface area contributed by atoms with Crippen molar-refractivity contribution in [3.8, 4) is 0 Å². The fourth-order valence-electron chi connectivity index (χ4n) is 1.92. The highest BCUT2D eigenvalue weighted by atomic mass is 127. The molecule has 0 aliphatic carbocycles. The van der Waals surface area contributed by atoms with Crippen LogP contribution in [0.15, 0.2) is 22.7 Å². The fourth-order valence-corrected chi connectivity index (χ4v) is 2.84. The number of halogens is 2. The Kier molecular flexibility index (Phi) is 7.99. The quantitative estimate of drug-likeness (QED) is 0.464. The number of carbonyl (C=O) groups is 1. The minimum atomic E-state index is 0.00776. The van der Waals surface area contributed by atoms with E-state index in [4.69, 9.17) is 0 Å². The van der Waals surface area contributed by atoms with Crippen molar-refractivity contribution in [2.45, 2.75) is 52.0 Å². The molecule has 0 aromatic heterocycles. The van der Waals surface area contributed by atoms with Crippen molar-refractivity contribution < 1.29 is 4.79 Å². The van der Waals surface area contributed by atoms with Crippen LogP contribution in [0.3, 0.4) is 0 Å². The summed E-state index contributed by atoms with van der Waals surface area (Å²) < 4.78 is 1.92. The number of hydrogen-bond acceptors (Lipinski definition) is 1. The second-order valence-corrected chi connectivity index (χ2v) is 6.95. The number of rotatable bonds is 7. The number of benzene rings is 1. The molecule has 1 N–H and O–H groups in total. The van der Waals surface area contributed by atoms with Crippen LogP contribution in [0, 0.1) is 3.57 Å². The molecule has 1 unspecified atom stereocenters. The summed E-state index contributed by atoms with van der Waals surface area (Å²) in [6.07, 6.45) is 6.01. The Balaban J connectivity index is 2.47. The van der Waals surface area contributed by atoms with Crippen LogP contribution in [-0.4, -0.2) is 11.9 Å². The van der Waals surface area contributed by atoms with Crippen LogP contribution in [-0.2, 0) is 0 Å². The molecule has 0 radical (unpaired) electrons. The van der Waals surface area contributed by atoms with Gasteiger partial charge in [0.05, 0.1) is 5.56 Å². The third-order valence-corrected chi connectivity index (χ3v) is 4.40. The lowest BCUT2D eigenvalue weighted by Gasteiger charge is -2.14. The zero-order valence-electron chi connectivity index (χ0n) is 11.5. The SMILES string of the molecule is CCCCCCC(C)NC(=O)c1cc(I)ccc1Br. The lowest BCUT2D eigenvalue weighted by molar-refractivity contribution is 0.0937. The van der Waals surface area contributed by atoms with Gasteiger partial charge in [0.1, 0.15) is 0 Å². The molecule has 1 aromatic rings. The molecule has 0 aliphatic heterocycles. The van der Waals surface area contributed by atoms with Gasteiger partial charge in [-0.15, -0.1) is 0 Å². The van der Waals surface area contributed by atoms with E-state index in [0.717, 1.165) is 14.5 Å². The minimum Gasteiger partial charge on any atom is -0.350 e. The van der Waals surface area contributed by atoms with Gasteiger partial charge in [0.2, 0.25) is 0 Å². The third kappa shape index (κ3) is 6.25. The van der Waals surface area contributed by atoms with E-state index >= 15 is 0 Å². The molecule has 19 heavy (non-hydrogen) atoms. The first-order valence-corrected chi connectivity index (χ1v) is 8.67. The average molecular weight is 438 g/mol. The van der Waals surface area contributed by atoms with Gasteiger partial charge in [-0.1, -0.05) is 32.6 Å². The van der Waals surface area contributed by atoms with Crippen molar-refractivity contribution in [2.75, 3.05) is 0 Å². The van der Waals surface area contributed by atoms with Crippen LogP contribution in [0.1, 0.15) is 56.3 Å². The van der Waals surface area contributed by atoms with E-state index in [-0.39, 0.29) is 11.9 Å². The predicted molar refractivity (Wildman–Crippen MR) is 92.5 cm³/mol. The van der Waals surface area contributed by atoms with Crippen LogP contribution in [0.2, 0.25) is 0 Å². The molecule has 1 atom stereocenters. The lowest BCUT2D eigenvalue weighted by Crippen LogP contribution is -2.32. The number of amides is 1. The van der Waals surface area contributed by atoms with Gasteiger partial charge in [-0.25, -0.2) is 0 Å². The van der Waals surface area contributed by atoms with Gasteiger partial charge in [-0.3, -0.25) is 4.79 Å². The first-order valence-electron chi connectivity index (χ1n) is 6.80. The summed E-state index contributed by atoms with van der Waals surface area (Å²) in [6.45, 7) is 4.28. The van der Waals surface area contributed by atoms with E-state index in [2.05, 4.69) is 57.7 Å². The maximum absolute atomic E-state index is 12.2. The van der Waals surface area contributed by atoms with Gasteiger partial charge in [0.15, 0.2) is 0 Å². The van der Waals surface area contributed by atoms with Gasteiger partial charge >= 0.3 is 0 Å². The van der Waals surface area contributed by atoms with Gasteiger partial charge in [0, 0.05) is 14.1 Å². The Hall–Kier alpha value is -0.100. The molecule has 1 aromatic carbocycles. The summed E-state index contributed by atoms with van der Waals surface area (Å²) in [5.74, 6) is 0.00776. The largest absolute Gasteiger partial charge is 0.350 e. The van der Waals surface area contributed by atoms with Gasteiger partial charge < -0.3 is 5.32 Å². The van der Waals surface area contributed by atoms with Gasteiger partial charge in [0.25, 0.3) is 5.91 Å². The third-order valence-electron chi connectivity index (χ3n) is 3.04. The first-order chi connectivity index (χ1) is 9.04. The Morgan fingerprint density at radius 3 is 2.79 bits per heavy atom. The highest BCUT2D eigenvalue weighted by Gasteiger charge is 2.13. The molecule has 0 saturated heterocycles. The summed E-state index contributed by atoms with van der Waals surface area (Å²) >= 11 is 5.65. The molecular weight excluding hydrogens is 417 g/mol. The van der Waals surface area contributed by atoms with Crippen LogP contribution >= 0.6 is 38.5 Å². The second-order valence-electron chi connectivity index (χ2n) is 4.85. The maximum Gasteiger partial charge on any atom is 0.252 e. The van der Waals surface area contributed by atoms with Crippen molar-refractivity contribution in [1.82, 2.24) is 5.32 Å². The summed E-state index contributed by atoms with van der Waals surface area (Å²) in [7, 11) is 0. The zero-order chi connectivity index (χ0) is 14.3. The molecule has 1 rings (SSSR count). The average Bonchev–Trinajstić information content (AvgIpc) is 2.37. The molecule has 0 saturated carbocycles. The van der Waals surface area contributed by atoms with Crippen LogP contribution in [0.25, 0.3) is 0 Å². The van der Waals surface area contributed by atoms with Crippen LogP contribution in [0.5, 0.6) is 0 Å². The Morgan fingerprint density at radius 1 is 1.37 bits per heavy atom. The molecular formula is C15H21BrINO. The van der Waals surface area contributed by atoms with E-state index in [1.54, 1.807) is 0 Å². The summed E-state index contributed by atoms with van der Waals surface area (Å²) in [4.78, 5) is 12.2. The summed E-state index contributed by atoms with van der Waals surface area (Å²) in [5.41, 5.74) is 0.715. The number of unbranched alkanes of at least 4 members (excludes halogenated alkanes) is 3. The van der Waals surface area contributed by atoms with Crippen molar-refractivity contribution in [2.24, 2.45) is 0 Å². The van der Waals surface area contributed by atoms with E-state index in [0.29, 0.717) is 5.56 Å².